The molecule has 0 unspecified atom stereocenters. The van der Waals surface area contributed by atoms with E-state index in [-0.39, 0.29) is 29.6 Å². The Hall–Kier alpha value is -3.72. The topological polar surface area (TPSA) is 108 Å². The first-order chi connectivity index (χ1) is 17.9. The number of fused-ring (bicyclic) bond motifs is 5. The average Bonchev–Trinajstić information content (AvgIpc) is 3.54. The van der Waals surface area contributed by atoms with Gasteiger partial charge >= 0.3 is 0 Å². The van der Waals surface area contributed by atoms with Gasteiger partial charge in [0.05, 0.1) is 19.6 Å². The van der Waals surface area contributed by atoms with Gasteiger partial charge < -0.3 is 15.0 Å². The molecule has 9 heteroatoms. The van der Waals surface area contributed by atoms with E-state index < -0.39 is 11.9 Å². The van der Waals surface area contributed by atoms with Crippen molar-refractivity contribution in [2.45, 2.75) is 56.7 Å². The number of likely N-dealkylation sites (tertiary alicyclic amines) is 1. The van der Waals surface area contributed by atoms with Gasteiger partial charge in [0, 0.05) is 40.8 Å². The number of ether oxygens (including phenoxy) is 1. The van der Waals surface area contributed by atoms with Crippen molar-refractivity contribution in [3.63, 3.8) is 0 Å². The Labute approximate surface area is 214 Å². The number of nitrogens with one attached hydrogen (secondary N) is 2. The summed E-state index contributed by atoms with van der Waals surface area (Å²) in [4.78, 5) is 52.9. The molecule has 2 N–H and O–H groups in total. The van der Waals surface area contributed by atoms with Crippen LogP contribution >= 0.6 is 0 Å². The van der Waals surface area contributed by atoms with Crippen molar-refractivity contribution in [3.8, 4) is 5.75 Å². The zero-order chi connectivity index (χ0) is 25.3. The summed E-state index contributed by atoms with van der Waals surface area (Å²) in [5.41, 5.74) is 5.76. The molecule has 0 radical (unpaired) electrons. The number of carbonyl (C=O) groups is 4. The van der Waals surface area contributed by atoms with Gasteiger partial charge in [0.15, 0.2) is 0 Å². The number of hydrogen-bond acceptors (Lipinski definition) is 6. The maximum atomic E-state index is 13.2. The molecule has 37 heavy (non-hydrogen) atoms. The maximum Gasteiger partial charge on any atom is 0.255 e. The van der Waals surface area contributed by atoms with Crippen LogP contribution in [0.25, 0.3) is 0 Å². The molecule has 2 aromatic rings. The fourth-order valence-corrected chi connectivity index (χ4v) is 6.65. The van der Waals surface area contributed by atoms with Crippen LogP contribution in [0.5, 0.6) is 5.75 Å². The molecule has 2 saturated heterocycles. The highest BCUT2D eigenvalue weighted by Crippen LogP contribution is 2.49. The van der Waals surface area contributed by atoms with Gasteiger partial charge in [-0.25, -0.2) is 0 Å². The summed E-state index contributed by atoms with van der Waals surface area (Å²) < 4.78 is 6.28. The molecule has 5 heterocycles. The second-order valence-corrected chi connectivity index (χ2v) is 10.9. The molecular weight excluding hydrogens is 472 g/mol. The highest BCUT2D eigenvalue weighted by atomic mass is 16.5. The van der Waals surface area contributed by atoms with E-state index in [0.717, 1.165) is 55.0 Å². The van der Waals surface area contributed by atoms with Crippen LogP contribution in [0, 0.1) is 0 Å². The fourth-order valence-electron chi connectivity index (χ4n) is 6.65. The van der Waals surface area contributed by atoms with Crippen LogP contribution in [-0.4, -0.2) is 59.2 Å². The summed E-state index contributed by atoms with van der Waals surface area (Å²) in [6.45, 7) is 3.65. The molecule has 0 bridgehead atoms. The second kappa shape index (κ2) is 8.14. The molecule has 0 aliphatic carbocycles. The molecule has 0 saturated carbocycles. The van der Waals surface area contributed by atoms with Crippen LogP contribution in [0.3, 0.4) is 0 Å². The van der Waals surface area contributed by atoms with Gasteiger partial charge in [0.25, 0.3) is 5.91 Å². The van der Waals surface area contributed by atoms with Crippen molar-refractivity contribution in [2.75, 3.05) is 25.0 Å². The Kier molecular flexibility index (Phi) is 4.95. The van der Waals surface area contributed by atoms with E-state index in [1.54, 1.807) is 4.90 Å². The second-order valence-electron chi connectivity index (χ2n) is 10.9. The molecular formula is C28H28N4O5. The lowest BCUT2D eigenvalue weighted by Crippen LogP contribution is -2.52. The minimum Gasteiger partial charge on any atom is -0.492 e. The Bertz CT molecular complexity index is 1380. The summed E-state index contributed by atoms with van der Waals surface area (Å²) in [5, 5.41) is 5.30. The summed E-state index contributed by atoms with van der Waals surface area (Å²) in [7, 11) is 0. The lowest BCUT2D eigenvalue weighted by Gasteiger charge is -2.38. The first-order valence-corrected chi connectivity index (χ1v) is 13.0. The lowest BCUT2D eigenvalue weighted by molar-refractivity contribution is -0.137. The first-order valence-electron chi connectivity index (χ1n) is 13.0. The van der Waals surface area contributed by atoms with Crippen molar-refractivity contribution >= 4 is 29.3 Å². The minimum atomic E-state index is -0.626. The first kappa shape index (κ1) is 22.5. The fraction of sp³-hybridized carbons (Fsp3) is 0.429. The monoisotopic (exact) mass is 500 g/mol. The van der Waals surface area contributed by atoms with Crippen molar-refractivity contribution in [2.24, 2.45) is 0 Å². The van der Waals surface area contributed by atoms with Crippen molar-refractivity contribution in [3.05, 3.63) is 58.1 Å². The standard InChI is InChI=1S/C28H28N4O5/c33-23-6-5-22(26(35)30-23)32-14-19-18(27(32)36)3-4-20-25(19)37-15-28(20)7-9-31(10-8-28)13-16-1-2-17-12-24(34)29-21(17)11-16/h1-4,11,22H,5-10,12-15H2,(H,29,34)(H,30,33,35)/t22-/m0/s1. The van der Waals surface area contributed by atoms with Crippen LogP contribution < -0.4 is 15.4 Å². The molecule has 5 aliphatic heterocycles. The summed E-state index contributed by atoms with van der Waals surface area (Å²) in [6, 6.07) is 9.57. The van der Waals surface area contributed by atoms with Crippen molar-refractivity contribution in [1.29, 1.82) is 0 Å². The van der Waals surface area contributed by atoms with E-state index in [4.69, 9.17) is 4.74 Å². The molecule has 1 atom stereocenters. The predicted octanol–water partition coefficient (Wildman–Crippen LogP) is 1.87. The number of hydrogen-bond donors (Lipinski definition) is 2. The summed E-state index contributed by atoms with van der Waals surface area (Å²) in [6.07, 6.45) is 2.98. The van der Waals surface area contributed by atoms with Crippen molar-refractivity contribution < 1.29 is 23.9 Å². The third kappa shape index (κ3) is 3.55. The zero-order valence-electron chi connectivity index (χ0n) is 20.5. The SMILES string of the molecule is O=C1CC[C@H](N2Cc3c(ccc4c3OCC43CCN(Cc4ccc5c(c4)NC(=O)C5)CC3)C2=O)C(=O)N1. The number of amides is 4. The van der Waals surface area contributed by atoms with Gasteiger partial charge in [-0.15, -0.1) is 0 Å². The quantitative estimate of drug-likeness (QED) is 0.623. The highest BCUT2D eigenvalue weighted by molar-refractivity contribution is 6.06. The third-order valence-electron chi connectivity index (χ3n) is 8.75. The average molecular weight is 501 g/mol. The van der Waals surface area contributed by atoms with Crippen LogP contribution in [-0.2, 0) is 39.3 Å². The van der Waals surface area contributed by atoms with E-state index in [1.165, 1.54) is 11.1 Å². The normalized spacial score (nSPS) is 24.0. The van der Waals surface area contributed by atoms with Gasteiger partial charge in [0.1, 0.15) is 11.8 Å². The number of benzene rings is 2. The van der Waals surface area contributed by atoms with E-state index in [1.807, 2.05) is 12.1 Å². The largest absolute Gasteiger partial charge is 0.492 e. The van der Waals surface area contributed by atoms with Gasteiger partial charge in [-0.05, 0) is 55.6 Å². The van der Waals surface area contributed by atoms with E-state index in [9.17, 15) is 19.2 Å². The number of carbonyl (C=O) groups excluding carboxylic acids is 4. The molecule has 190 valence electrons. The Morgan fingerprint density at radius 2 is 1.84 bits per heavy atom. The van der Waals surface area contributed by atoms with Crippen LogP contribution in [0.1, 0.15) is 58.3 Å². The van der Waals surface area contributed by atoms with Crippen LogP contribution in [0.2, 0.25) is 0 Å². The molecule has 2 aromatic carbocycles. The molecule has 9 nitrogen and oxygen atoms in total. The van der Waals surface area contributed by atoms with E-state index >= 15 is 0 Å². The lowest BCUT2D eigenvalue weighted by atomic mass is 9.74. The molecule has 5 aliphatic rings. The van der Waals surface area contributed by atoms with Gasteiger partial charge in [-0.3, -0.25) is 29.4 Å². The molecule has 7 rings (SSSR count). The van der Waals surface area contributed by atoms with Gasteiger partial charge in [0.2, 0.25) is 17.7 Å². The van der Waals surface area contributed by atoms with Gasteiger partial charge in [-0.2, -0.15) is 0 Å². The molecule has 2 fully saturated rings. The Balaban J connectivity index is 1.06. The molecule has 1 spiro atoms. The zero-order valence-corrected chi connectivity index (χ0v) is 20.5. The number of rotatable bonds is 3. The minimum absolute atomic E-state index is 0.0559. The third-order valence-corrected chi connectivity index (χ3v) is 8.75. The maximum absolute atomic E-state index is 13.2. The Morgan fingerprint density at radius 3 is 2.65 bits per heavy atom. The summed E-state index contributed by atoms with van der Waals surface area (Å²) in [5.74, 6) is 0.0106. The number of nitrogens with zero attached hydrogens (tertiary/aromatic N) is 2. The smallest absolute Gasteiger partial charge is 0.255 e. The summed E-state index contributed by atoms with van der Waals surface area (Å²) >= 11 is 0. The highest BCUT2D eigenvalue weighted by Gasteiger charge is 2.47. The predicted molar refractivity (Wildman–Crippen MR) is 133 cm³/mol. The molecule has 0 aromatic heterocycles. The number of anilines is 1. The van der Waals surface area contributed by atoms with Crippen LogP contribution in [0.4, 0.5) is 5.69 Å². The van der Waals surface area contributed by atoms with E-state index in [0.29, 0.717) is 31.6 Å². The van der Waals surface area contributed by atoms with Crippen molar-refractivity contribution in [1.82, 2.24) is 15.1 Å². The van der Waals surface area contributed by atoms with Crippen LogP contribution in [0.15, 0.2) is 30.3 Å². The number of imide groups is 1. The van der Waals surface area contributed by atoms with Gasteiger partial charge in [-0.1, -0.05) is 18.2 Å². The number of piperidine rings is 2. The Morgan fingerprint density at radius 1 is 1.00 bits per heavy atom. The van der Waals surface area contributed by atoms with E-state index in [2.05, 4.69) is 33.7 Å². The molecule has 4 amide bonds.